The molecule has 24 heavy (non-hydrogen) atoms. The van der Waals surface area contributed by atoms with Crippen molar-refractivity contribution < 1.29 is 10.2 Å². The van der Waals surface area contributed by atoms with E-state index in [1.54, 1.807) is 4.57 Å². The van der Waals surface area contributed by atoms with Gasteiger partial charge in [-0.3, -0.25) is 4.57 Å². The molecule has 118 valence electrons. The number of benzene rings is 2. The molecule has 1 heterocycles. The van der Waals surface area contributed by atoms with E-state index >= 15 is 0 Å². The van der Waals surface area contributed by atoms with Gasteiger partial charge in [-0.1, -0.05) is 42.5 Å². The van der Waals surface area contributed by atoms with Gasteiger partial charge in [0, 0.05) is 23.0 Å². The Morgan fingerprint density at radius 3 is 2.08 bits per heavy atom. The van der Waals surface area contributed by atoms with Gasteiger partial charge in [0.1, 0.15) is 0 Å². The third kappa shape index (κ3) is 1.39. The fraction of sp³-hybridized carbons (Fsp3) is 0.238. The lowest BCUT2D eigenvalue weighted by Crippen LogP contribution is -2.18. The van der Waals surface area contributed by atoms with Crippen LogP contribution in [0, 0.1) is 11.8 Å². The Bertz CT molecular complexity index is 1000. The molecule has 0 spiro atoms. The largest absolute Gasteiger partial charge is 0.494 e. The highest BCUT2D eigenvalue weighted by molar-refractivity contribution is 5.84. The van der Waals surface area contributed by atoms with E-state index in [0.717, 1.165) is 27.6 Å². The molecule has 1 aromatic heterocycles. The van der Waals surface area contributed by atoms with E-state index < -0.39 is 0 Å². The van der Waals surface area contributed by atoms with Gasteiger partial charge < -0.3 is 10.2 Å². The Morgan fingerprint density at radius 2 is 1.42 bits per heavy atom. The van der Waals surface area contributed by atoms with Crippen molar-refractivity contribution in [2.24, 2.45) is 11.8 Å². The molecule has 0 aliphatic heterocycles. The molecule has 0 radical (unpaired) electrons. The molecule has 1 fully saturated rings. The predicted octanol–water partition coefficient (Wildman–Crippen LogP) is 4.43. The van der Waals surface area contributed by atoms with Crippen LogP contribution < -0.4 is 0 Å². The number of allylic oxidation sites excluding steroid dienone is 2. The quantitative estimate of drug-likeness (QED) is 0.653. The lowest BCUT2D eigenvalue weighted by atomic mass is 9.73. The Balaban J connectivity index is 1.60. The van der Waals surface area contributed by atoms with E-state index in [2.05, 4.69) is 24.3 Å². The smallest absolute Gasteiger partial charge is 0.202 e. The van der Waals surface area contributed by atoms with Crippen molar-refractivity contribution in [2.45, 2.75) is 18.3 Å². The van der Waals surface area contributed by atoms with Gasteiger partial charge in [0.25, 0.3) is 0 Å². The van der Waals surface area contributed by atoms with Crippen LogP contribution in [0.15, 0.2) is 54.6 Å². The molecule has 2 aromatic carbocycles. The zero-order valence-electron chi connectivity index (χ0n) is 13.1. The first-order valence-corrected chi connectivity index (χ1v) is 8.58. The van der Waals surface area contributed by atoms with Crippen LogP contribution in [0.3, 0.4) is 0 Å². The average Bonchev–Trinajstić information content (AvgIpc) is 3.39. The second-order valence-corrected chi connectivity index (χ2v) is 7.34. The zero-order valence-corrected chi connectivity index (χ0v) is 13.1. The Kier molecular flexibility index (Phi) is 2.14. The summed E-state index contributed by atoms with van der Waals surface area (Å²) in [5, 5.41) is 24.1. The minimum atomic E-state index is 0.211. The summed E-state index contributed by atoms with van der Waals surface area (Å²) >= 11 is 0. The topological polar surface area (TPSA) is 45.4 Å². The molecule has 3 aromatic rings. The van der Waals surface area contributed by atoms with Gasteiger partial charge in [0.15, 0.2) is 0 Å². The summed E-state index contributed by atoms with van der Waals surface area (Å²) in [6.45, 7) is 0. The average molecular weight is 315 g/mol. The van der Waals surface area contributed by atoms with Gasteiger partial charge in [-0.2, -0.15) is 0 Å². The van der Waals surface area contributed by atoms with Crippen molar-refractivity contribution in [3.63, 3.8) is 0 Å². The Labute approximate surface area is 139 Å². The van der Waals surface area contributed by atoms with Crippen LogP contribution >= 0.6 is 0 Å². The van der Waals surface area contributed by atoms with E-state index in [0.29, 0.717) is 11.8 Å². The summed E-state index contributed by atoms with van der Waals surface area (Å²) in [5.41, 5.74) is 2.71. The van der Waals surface area contributed by atoms with Crippen LogP contribution in [0.4, 0.5) is 0 Å². The number of nitrogens with zero attached hydrogens (tertiary/aromatic N) is 1. The van der Waals surface area contributed by atoms with Crippen LogP contribution in [0.25, 0.3) is 16.5 Å². The maximum absolute atomic E-state index is 10.9. The highest BCUT2D eigenvalue weighted by Crippen LogP contribution is 2.68. The van der Waals surface area contributed by atoms with E-state index in [1.165, 1.54) is 6.42 Å². The second kappa shape index (κ2) is 4.04. The van der Waals surface area contributed by atoms with Crippen LogP contribution in [-0.2, 0) is 0 Å². The summed E-state index contributed by atoms with van der Waals surface area (Å²) in [6.07, 6.45) is 5.67. The number of rotatable bonds is 1. The molecule has 4 aliphatic rings. The van der Waals surface area contributed by atoms with E-state index in [1.807, 2.05) is 30.3 Å². The molecule has 2 N–H and O–H groups in total. The molecule has 0 saturated heterocycles. The SMILES string of the molecule is Oc1c2c(c(O)n1-c1ccc3ccccc3c1)[C@@H]1C=C[C@H]2[C@H]2C[C@H]21. The van der Waals surface area contributed by atoms with Gasteiger partial charge in [-0.05, 0) is 41.2 Å². The fourth-order valence-electron chi connectivity index (χ4n) is 5.01. The minimum absolute atomic E-state index is 0.211. The Hall–Kier alpha value is -2.68. The summed E-state index contributed by atoms with van der Waals surface area (Å²) in [7, 11) is 0. The summed E-state index contributed by atoms with van der Waals surface area (Å²) in [5.74, 6) is 2.27. The third-order valence-corrected chi connectivity index (χ3v) is 6.19. The standard InChI is InChI=1S/C21H17NO2/c23-20-18-14-7-8-15(17-10-16(14)17)19(18)21(24)22(20)13-6-5-11-3-1-2-4-12(11)9-13/h1-9,14-17,23-24H,10H2/t14-,15+,16+,17-. The molecular weight excluding hydrogens is 298 g/mol. The molecular formula is C21H17NO2. The molecule has 2 bridgehead atoms. The lowest BCUT2D eigenvalue weighted by Gasteiger charge is -2.30. The van der Waals surface area contributed by atoms with Crippen molar-refractivity contribution >= 4 is 10.8 Å². The highest BCUT2D eigenvalue weighted by atomic mass is 16.3. The van der Waals surface area contributed by atoms with E-state index in [9.17, 15) is 10.2 Å². The number of aromatic nitrogens is 1. The van der Waals surface area contributed by atoms with Crippen molar-refractivity contribution in [1.29, 1.82) is 0 Å². The maximum atomic E-state index is 10.9. The second-order valence-electron chi connectivity index (χ2n) is 7.34. The Morgan fingerprint density at radius 1 is 0.792 bits per heavy atom. The van der Waals surface area contributed by atoms with Gasteiger partial charge >= 0.3 is 0 Å². The minimum Gasteiger partial charge on any atom is -0.494 e. The maximum Gasteiger partial charge on any atom is 0.202 e. The van der Waals surface area contributed by atoms with Gasteiger partial charge in [-0.15, -0.1) is 0 Å². The van der Waals surface area contributed by atoms with Crippen LogP contribution in [0.1, 0.15) is 29.4 Å². The molecule has 1 saturated carbocycles. The van der Waals surface area contributed by atoms with E-state index in [4.69, 9.17) is 0 Å². The first-order valence-electron chi connectivity index (χ1n) is 8.58. The number of hydrogen-bond acceptors (Lipinski definition) is 2. The number of aromatic hydroxyl groups is 2. The molecule has 3 heteroatoms. The molecule has 0 amide bonds. The summed E-state index contributed by atoms with van der Waals surface area (Å²) < 4.78 is 1.62. The lowest BCUT2D eigenvalue weighted by molar-refractivity contribution is 0.398. The van der Waals surface area contributed by atoms with Gasteiger partial charge in [0.05, 0.1) is 5.69 Å². The van der Waals surface area contributed by atoms with Crippen LogP contribution in [0.2, 0.25) is 0 Å². The van der Waals surface area contributed by atoms with Crippen molar-refractivity contribution in [1.82, 2.24) is 4.57 Å². The normalized spacial score (nSPS) is 28.8. The van der Waals surface area contributed by atoms with Crippen LogP contribution in [-0.4, -0.2) is 14.8 Å². The molecule has 3 nitrogen and oxygen atoms in total. The molecule has 4 atom stereocenters. The summed E-state index contributed by atoms with van der Waals surface area (Å²) in [6, 6.07) is 14.2. The summed E-state index contributed by atoms with van der Waals surface area (Å²) in [4.78, 5) is 0. The number of fused-ring (bicyclic) bond motifs is 1. The monoisotopic (exact) mass is 315 g/mol. The van der Waals surface area contributed by atoms with Crippen LogP contribution in [0.5, 0.6) is 11.8 Å². The van der Waals surface area contributed by atoms with Gasteiger partial charge in [0.2, 0.25) is 11.8 Å². The molecule has 4 aliphatic carbocycles. The van der Waals surface area contributed by atoms with Crippen molar-refractivity contribution in [3.8, 4) is 17.4 Å². The predicted molar refractivity (Wildman–Crippen MR) is 92.8 cm³/mol. The third-order valence-electron chi connectivity index (χ3n) is 6.19. The zero-order chi connectivity index (χ0) is 16.0. The molecule has 7 rings (SSSR count). The highest BCUT2D eigenvalue weighted by Gasteiger charge is 2.57. The fourth-order valence-corrected chi connectivity index (χ4v) is 5.01. The van der Waals surface area contributed by atoms with Gasteiger partial charge in [-0.25, -0.2) is 0 Å². The first-order chi connectivity index (χ1) is 11.7. The number of hydrogen-bond donors (Lipinski definition) is 2. The van der Waals surface area contributed by atoms with Crippen molar-refractivity contribution in [2.75, 3.05) is 0 Å². The van der Waals surface area contributed by atoms with Crippen molar-refractivity contribution in [3.05, 3.63) is 65.7 Å². The molecule has 0 unspecified atom stereocenters. The first kappa shape index (κ1) is 12.7. The van der Waals surface area contributed by atoms with E-state index in [-0.39, 0.29) is 23.6 Å².